The second kappa shape index (κ2) is 12.1. The van der Waals surface area contributed by atoms with Gasteiger partial charge >= 0.3 is 12.1 Å². The first-order chi connectivity index (χ1) is 16.8. The molecule has 36 heavy (non-hydrogen) atoms. The second-order valence-corrected chi connectivity index (χ2v) is 10.6. The van der Waals surface area contributed by atoms with Crippen LogP contribution in [-0.4, -0.2) is 33.3 Å². The van der Waals surface area contributed by atoms with E-state index in [2.05, 4.69) is 27.8 Å². The van der Waals surface area contributed by atoms with Gasteiger partial charge in [0.25, 0.3) is 10.0 Å². The van der Waals surface area contributed by atoms with Crippen LogP contribution in [0.3, 0.4) is 0 Å². The van der Waals surface area contributed by atoms with E-state index >= 15 is 0 Å². The highest BCUT2D eigenvalue weighted by Crippen LogP contribution is 2.21. The molecule has 0 saturated heterocycles. The zero-order chi connectivity index (χ0) is 27.0. The van der Waals surface area contributed by atoms with Crippen LogP contribution in [0.2, 0.25) is 0 Å². The minimum absolute atomic E-state index is 0.0148. The number of ketones is 1. The molecule has 0 atom stereocenters. The number of nitrogens with one attached hydrogen (secondary N) is 5. The molecule has 0 saturated carbocycles. The molecule has 2 rings (SSSR count). The van der Waals surface area contributed by atoms with E-state index in [1.807, 2.05) is 4.72 Å². The summed E-state index contributed by atoms with van der Waals surface area (Å²) in [6, 6.07) is 7.13. The van der Waals surface area contributed by atoms with Crippen LogP contribution in [0.15, 0.2) is 76.1 Å². The van der Waals surface area contributed by atoms with Gasteiger partial charge in [0.1, 0.15) is 10.0 Å². The Labute approximate surface area is 212 Å². The van der Waals surface area contributed by atoms with Crippen molar-refractivity contribution in [3.8, 4) is 0 Å². The summed E-state index contributed by atoms with van der Waals surface area (Å²) in [7, 11) is -2.47. The monoisotopic (exact) mass is 535 g/mol. The quantitative estimate of drug-likeness (QED) is 0.241. The Kier molecular flexibility index (Phi) is 9.53. The molecule has 1 aromatic heterocycles. The topological polar surface area (TPSA) is 146 Å². The van der Waals surface area contributed by atoms with Gasteiger partial charge in [0.05, 0.1) is 0 Å². The van der Waals surface area contributed by atoms with Gasteiger partial charge in [0, 0.05) is 40.3 Å². The number of hydrogen-bond acceptors (Lipinski definition) is 7. The molecule has 0 aliphatic rings. The number of thiophene rings is 1. The average molecular weight is 536 g/mol. The highest BCUT2D eigenvalue weighted by molar-refractivity contribution is 7.92. The highest BCUT2D eigenvalue weighted by atomic mass is 32.2. The van der Waals surface area contributed by atoms with Crippen molar-refractivity contribution in [1.82, 2.24) is 15.4 Å². The molecule has 0 spiro atoms. The van der Waals surface area contributed by atoms with E-state index in [4.69, 9.17) is 0 Å². The summed E-state index contributed by atoms with van der Waals surface area (Å²) in [5.74, 6) is -1.18. The standard InChI is InChI=1S/C23H26FN5O5S2/c1-13-6-11-21(35-13)36(33,34)29-23(32)28-18-9-7-17(8-10-18)27-22(31)26-14(2)19(16(4)30)12-20(24)15(3)25-5/h6-12,25H,2H2,1,3-5H3,(H2,26,27,31)(H2,28,29,32)/b19-12+,20-15-. The summed E-state index contributed by atoms with van der Waals surface area (Å²) in [5.41, 5.74) is 0.571. The lowest BCUT2D eigenvalue weighted by molar-refractivity contribution is -0.113. The van der Waals surface area contributed by atoms with Crippen molar-refractivity contribution < 1.29 is 27.2 Å². The van der Waals surface area contributed by atoms with Gasteiger partial charge in [-0.15, -0.1) is 11.3 Å². The van der Waals surface area contributed by atoms with Crippen LogP contribution in [0, 0.1) is 6.92 Å². The van der Waals surface area contributed by atoms with Crippen LogP contribution in [-0.2, 0) is 14.8 Å². The van der Waals surface area contributed by atoms with E-state index in [0.29, 0.717) is 5.69 Å². The lowest BCUT2D eigenvalue weighted by Gasteiger charge is -2.12. The predicted octanol–water partition coefficient (Wildman–Crippen LogP) is 4.14. The fourth-order valence-corrected chi connectivity index (χ4v) is 4.84. The molecule has 0 aliphatic carbocycles. The molecule has 0 radical (unpaired) electrons. The maximum Gasteiger partial charge on any atom is 0.333 e. The van der Waals surface area contributed by atoms with E-state index in [1.54, 1.807) is 13.0 Å². The molecule has 1 heterocycles. The number of anilines is 2. The van der Waals surface area contributed by atoms with Gasteiger partial charge in [-0.25, -0.2) is 27.1 Å². The number of urea groups is 2. The van der Waals surface area contributed by atoms with Crippen molar-refractivity contribution in [1.29, 1.82) is 0 Å². The number of hydrogen-bond donors (Lipinski definition) is 5. The van der Waals surface area contributed by atoms with Crippen LogP contribution in [0.1, 0.15) is 18.7 Å². The van der Waals surface area contributed by atoms with Crippen molar-refractivity contribution in [3.63, 3.8) is 0 Å². The molecule has 10 nitrogen and oxygen atoms in total. The maximum atomic E-state index is 14.1. The van der Waals surface area contributed by atoms with E-state index in [0.717, 1.165) is 22.3 Å². The molecule has 0 bridgehead atoms. The Bertz CT molecular complexity index is 1350. The Morgan fingerprint density at radius 3 is 2.00 bits per heavy atom. The first kappa shape index (κ1) is 28.3. The zero-order valence-corrected chi connectivity index (χ0v) is 21.6. The zero-order valence-electron chi connectivity index (χ0n) is 20.0. The largest absolute Gasteiger partial charge is 0.389 e. The van der Waals surface area contributed by atoms with Crippen LogP contribution in [0.4, 0.5) is 25.4 Å². The summed E-state index contributed by atoms with van der Waals surface area (Å²) < 4.78 is 40.5. The van der Waals surface area contributed by atoms with Gasteiger partial charge in [-0.05, 0) is 63.2 Å². The van der Waals surface area contributed by atoms with E-state index in [9.17, 15) is 27.2 Å². The fraction of sp³-hybridized carbons (Fsp3) is 0.174. The van der Waals surface area contributed by atoms with Crippen molar-refractivity contribution in [2.45, 2.75) is 25.0 Å². The lowest BCUT2D eigenvalue weighted by atomic mass is 10.1. The molecule has 1 aromatic carbocycles. The first-order valence-corrected chi connectivity index (χ1v) is 12.7. The smallest absolute Gasteiger partial charge is 0.333 e. The number of halogens is 1. The minimum Gasteiger partial charge on any atom is -0.389 e. The van der Waals surface area contributed by atoms with E-state index < -0.39 is 33.7 Å². The van der Waals surface area contributed by atoms with Crippen LogP contribution in [0.25, 0.3) is 0 Å². The summed E-state index contributed by atoms with van der Waals surface area (Å²) in [5, 5.41) is 9.89. The van der Waals surface area contributed by atoms with Crippen molar-refractivity contribution >= 4 is 50.6 Å². The molecule has 0 aliphatic heterocycles. The molecule has 0 fully saturated rings. The van der Waals surface area contributed by atoms with E-state index in [1.165, 1.54) is 51.2 Å². The number of benzene rings is 1. The number of sulfonamides is 1. The first-order valence-electron chi connectivity index (χ1n) is 10.4. The third kappa shape index (κ3) is 8.06. The van der Waals surface area contributed by atoms with Crippen molar-refractivity contribution in [3.05, 3.63) is 76.7 Å². The summed E-state index contributed by atoms with van der Waals surface area (Å²) in [4.78, 5) is 37.1. The van der Waals surface area contributed by atoms with E-state index in [-0.39, 0.29) is 26.9 Å². The lowest BCUT2D eigenvalue weighted by Crippen LogP contribution is -2.34. The summed E-state index contributed by atoms with van der Waals surface area (Å²) >= 11 is 1.03. The van der Waals surface area contributed by atoms with Gasteiger partial charge in [-0.2, -0.15) is 0 Å². The van der Waals surface area contributed by atoms with Crippen LogP contribution < -0.4 is 26.0 Å². The van der Waals surface area contributed by atoms with Gasteiger partial charge in [-0.1, -0.05) is 6.58 Å². The predicted molar refractivity (Wildman–Crippen MR) is 138 cm³/mol. The van der Waals surface area contributed by atoms with Crippen molar-refractivity contribution in [2.75, 3.05) is 17.7 Å². The second-order valence-electron chi connectivity index (χ2n) is 7.40. The number of aryl methyl sites for hydroxylation is 1. The Hall–Kier alpha value is -3.97. The minimum atomic E-state index is -4.00. The molecule has 192 valence electrons. The molecule has 13 heteroatoms. The fourth-order valence-electron chi connectivity index (χ4n) is 2.64. The van der Waals surface area contributed by atoms with Gasteiger partial charge in [-0.3, -0.25) is 4.79 Å². The molecule has 4 amide bonds. The van der Waals surface area contributed by atoms with Gasteiger partial charge in [0.2, 0.25) is 0 Å². The number of Topliss-reactive ketones (excluding diaryl/α,β-unsaturated/α-hetero) is 1. The average Bonchev–Trinajstić information content (AvgIpc) is 3.24. The molecular weight excluding hydrogens is 509 g/mol. The highest BCUT2D eigenvalue weighted by Gasteiger charge is 2.19. The third-order valence-corrected chi connectivity index (χ3v) is 7.40. The maximum absolute atomic E-state index is 14.1. The van der Waals surface area contributed by atoms with Crippen LogP contribution in [0.5, 0.6) is 0 Å². The molecule has 2 aromatic rings. The molecular formula is C23H26FN5O5S2. The van der Waals surface area contributed by atoms with Gasteiger partial charge < -0.3 is 21.3 Å². The summed E-state index contributed by atoms with van der Waals surface area (Å²) in [6.07, 6.45) is 0.974. The normalized spacial score (nSPS) is 12.2. The Balaban J connectivity index is 1.98. The molecule has 5 N–H and O–H groups in total. The Morgan fingerprint density at radius 2 is 1.53 bits per heavy atom. The SMILES string of the molecule is C=C(NC(=O)Nc1ccc(NC(=O)NS(=O)(=O)c2ccc(C)s2)cc1)/C(=C\C(F)=C(/C)NC)C(C)=O. The van der Waals surface area contributed by atoms with Gasteiger partial charge in [0.15, 0.2) is 5.78 Å². The number of allylic oxidation sites excluding steroid dienone is 4. The number of carbonyl (C=O) groups is 3. The molecule has 0 unspecified atom stereocenters. The Morgan fingerprint density at radius 1 is 0.972 bits per heavy atom. The van der Waals surface area contributed by atoms with Crippen LogP contribution >= 0.6 is 11.3 Å². The summed E-state index contributed by atoms with van der Waals surface area (Å²) in [6.45, 7) is 8.07. The number of amides is 4. The number of rotatable bonds is 9. The third-order valence-electron chi connectivity index (χ3n) is 4.58. The van der Waals surface area contributed by atoms with Crippen molar-refractivity contribution in [2.24, 2.45) is 0 Å². The number of carbonyl (C=O) groups excluding carboxylic acids is 3.